The van der Waals surface area contributed by atoms with Crippen LogP contribution in [0.25, 0.3) is 0 Å². The summed E-state index contributed by atoms with van der Waals surface area (Å²) in [6, 6.07) is 8.69. The Morgan fingerprint density at radius 3 is 2.65 bits per heavy atom. The monoisotopic (exact) mass is 277 g/mol. The van der Waals surface area contributed by atoms with Crippen molar-refractivity contribution in [3.05, 3.63) is 35.4 Å². The summed E-state index contributed by atoms with van der Waals surface area (Å²) in [4.78, 5) is 13.7. The summed E-state index contributed by atoms with van der Waals surface area (Å²) in [6.45, 7) is 5.31. The Labute approximate surface area is 122 Å². The Morgan fingerprint density at radius 2 is 2.05 bits per heavy atom. The average Bonchev–Trinajstić information content (AvgIpc) is 2.41. The van der Waals surface area contributed by atoms with E-state index in [0.717, 1.165) is 32.5 Å². The van der Waals surface area contributed by atoms with E-state index in [2.05, 4.69) is 36.1 Å². The first-order valence-corrected chi connectivity index (χ1v) is 7.02. The van der Waals surface area contributed by atoms with Crippen LogP contribution in [0.15, 0.2) is 24.3 Å². The molecule has 20 heavy (non-hydrogen) atoms. The molecule has 0 atom stereocenters. The Morgan fingerprint density at radius 1 is 1.35 bits per heavy atom. The molecule has 1 heterocycles. The van der Waals surface area contributed by atoms with Crippen LogP contribution >= 0.6 is 0 Å². The summed E-state index contributed by atoms with van der Waals surface area (Å²) in [6.07, 6.45) is 2.77. The standard InChI is InChI=1S/C16H23NO2.CH4/c1-13-4-3-5-15(10-13)12-17-8-6-14(7-9-17)11-16(18)19-2;/h3-5,10,14H,6-9,11-12H2,1-2H3;1H4. The average molecular weight is 277 g/mol. The van der Waals surface area contributed by atoms with Crippen LogP contribution in [0.4, 0.5) is 0 Å². The van der Waals surface area contributed by atoms with Crippen LogP contribution in [0.1, 0.15) is 37.8 Å². The van der Waals surface area contributed by atoms with E-state index in [4.69, 9.17) is 4.74 Å². The van der Waals surface area contributed by atoms with Crippen molar-refractivity contribution in [3.8, 4) is 0 Å². The molecule has 0 unspecified atom stereocenters. The molecule has 0 spiro atoms. The van der Waals surface area contributed by atoms with Crippen LogP contribution in [-0.2, 0) is 16.1 Å². The normalized spacial score (nSPS) is 16.5. The van der Waals surface area contributed by atoms with Gasteiger partial charge in [-0.15, -0.1) is 0 Å². The van der Waals surface area contributed by atoms with Gasteiger partial charge in [0.25, 0.3) is 0 Å². The van der Waals surface area contributed by atoms with Crippen molar-refractivity contribution >= 4 is 5.97 Å². The van der Waals surface area contributed by atoms with Crippen molar-refractivity contribution < 1.29 is 9.53 Å². The molecular formula is C17H27NO2. The molecule has 0 radical (unpaired) electrons. The molecule has 1 fully saturated rings. The van der Waals surface area contributed by atoms with E-state index in [1.54, 1.807) is 0 Å². The molecule has 1 aliphatic heterocycles. The zero-order chi connectivity index (χ0) is 13.7. The van der Waals surface area contributed by atoms with Crippen LogP contribution < -0.4 is 0 Å². The summed E-state index contributed by atoms with van der Waals surface area (Å²) in [5.41, 5.74) is 2.70. The fraction of sp³-hybridized carbons (Fsp3) is 0.588. The number of benzene rings is 1. The third-order valence-electron chi connectivity index (χ3n) is 3.88. The fourth-order valence-electron chi connectivity index (χ4n) is 2.74. The maximum absolute atomic E-state index is 11.3. The number of carbonyl (C=O) groups is 1. The van der Waals surface area contributed by atoms with Gasteiger partial charge in [0.1, 0.15) is 0 Å². The summed E-state index contributed by atoms with van der Waals surface area (Å²) in [7, 11) is 1.47. The van der Waals surface area contributed by atoms with Crippen LogP contribution in [0.2, 0.25) is 0 Å². The molecule has 0 bridgehead atoms. The topological polar surface area (TPSA) is 29.5 Å². The number of aryl methyl sites for hydroxylation is 1. The molecule has 1 aromatic carbocycles. The van der Waals surface area contributed by atoms with Crippen molar-refractivity contribution in [2.24, 2.45) is 5.92 Å². The third kappa shape index (κ3) is 4.97. The smallest absolute Gasteiger partial charge is 0.305 e. The van der Waals surface area contributed by atoms with E-state index in [1.165, 1.54) is 18.2 Å². The lowest BCUT2D eigenvalue weighted by Gasteiger charge is -2.31. The number of hydrogen-bond acceptors (Lipinski definition) is 3. The summed E-state index contributed by atoms with van der Waals surface area (Å²) in [5.74, 6) is 0.429. The number of esters is 1. The molecule has 0 aromatic heterocycles. The van der Waals surface area contributed by atoms with E-state index in [-0.39, 0.29) is 13.4 Å². The lowest BCUT2D eigenvalue weighted by atomic mass is 9.93. The van der Waals surface area contributed by atoms with Gasteiger partial charge in [0.15, 0.2) is 0 Å². The summed E-state index contributed by atoms with van der Waals surface area (Å²) in [5, 5.41) is 0. The van der Waals surface area contributed by atoms with Crippen molar-refractivity contribution in [2.75, 3.05) is 20.2 Å². The molecule has 0 amide bonds. The van der Waals surface area contributed by atoms with Crippen molar-refractivity contribution in [1.29, 1.82) is 0 Å². The first-order valence-electron chi connectivity index (χ1n) is 7.02. The van der Waals surface area contributed by atoms with Crippen LogP contribution in [-0.4, -0.2) is 31.1 Å². The SMILES string of the molecule is C.COC(=O)CC1CCN(Cc2cccc(C)c2)CC1. The van der Waals surface area contributed by atoms with Crippen LogP contribution in [0.3, 0.4) is 0 Å². The maximum atomic E-state index is 11.3. The number of carbonyl (C=O) groups excluding carboxylic acids is 1. The minimum Gasteiger partial charge on any atom is -0.469 e. The molecule has 112 valence electrons. The first-order chi connectivity index (χ1) is 9.17. The van der Waals surface area contributed by atoms with Gasteiger partial charge in [0.2, 0.25) is 0 Å². The van der Waals surface area contributed by atoms with Crippen molar-refractivity contribution in [2.45, 2.75) is 40.2 Å². The number of nitrogens with zero attached hydrogens (tertiary/aromatic N) is 1. The maximum Gasteiger partial charge on any atom is 0.305 e. The predicted molar refractivity (Wildman–Crippen MR) is 82.5 cm³/mol. The number of hydrogen-bond donors (Lipinski definition) is 0. The van der Waals surface area contributed by atoms with E-state index < -0.39 is 0 Å². The highest BCUT2D eigenvalue weighted by atomic mass is 16.5. The number of piperidine rings is 1. The van der Waals surface area contributed by atoms with E-state index in [1.807, 2.05) is 0 Å². The molecule has 0 aliphatic carbocycles. The Kier molecular flexibility index (Phi) is 6.73. The van der Waals surface area contributed by atoms with Crippen LogP contribution in [0.5, 0.6) is 0 Å². The summed E-state index contributed by atoms with van der Waals surface area (Å²) < 4.78 is 4.74. The molecule has 0 saturated carbocycles. The molecule has 1 aliphatic rings. The van der Waals surface area contributed by atoms with Gasteiger partial charge in [-0.25, -0.2) is 0 Å². The molecule has 2 rings (SSSR count). The second-order valence-electron chi connectivity index (χ2n) is 5.49. The minimum absolute atomic E-state index is 0. The van der Waals surface area contributed by atoms with Gasteiger partial charge in [0, 0.05) is 13.0 Å². The second kappa shape index (κ2) is 8.05. The largest absolute Gasteiger partial charge is 0.469 e. The van der Waals surface area contributed by atoms with Gasteiger partial charge in [-0.2, -0.15) is 0 Å². The van der Waals surface area contributed by atoms with Gasteiger partial charge in [-0.3, -0.25) is 9.69 Å². The lowest BCUT2D eigenvalue weighted by Crippen LogP contribution is -2.34. The number of likely N-dealkylation sites (tertiary alicyclic amines) is 1. The van der Waals surface area contributed by atoms with E-state index in [9.17, 15) is 4.79 Å². The molecular weight excluding hydrogens is 250 g/mol. The Balaban J connectivity index is 0.00000200. The van der Waals surface area contributed by atoms with Gasteiger partial charge in [-0.05, 0) is 44.3 Å². The van der Waals surface area contributed by atoms with Crippen LogP contribution in [0, 0.1) is 12.8 Å². The summed E-state index contributed by atoms with van der Waals surface area (Å²) >= 11 is 0. The molecule has 3 heteroatoms. The molecule has 1 aromatic rings. The third-order valence-corrected chi connectivity index (χ3v) is 3.88. The second-order valence-corrected chi connectivity index (χ2v) is 5.49. The van der Waals surface area contributed by atoms with Crippen molar-refractivity contribution in [1.82, 2.24) is 4.90 Å². The minimum atomic E-state index is -0.0721. The first kappa shape index (κ1) is 16.7. The lowest BCUT2D eigenvalue weighted by molar-refractivity contribution is -0.142. The zero-order valence-corrected chi connectivity index (χ0v) is 11.9. The quantitative estimate of drug-likeness (QED) is 0.790. The fourth-order valence-corrected chi connectivity index (χ4v) is 2.74. The van der Waals surface area contributed by atoms with Crippen molar-refractivity contribution in [3.63, 3.8) is 0 Å². The molecule has 1 saturated heterocycles. The Bertz CT molecular complexity index is 423. The number of methoxy groups -OCH3 is 1. The highest BCUT2D eigenvalue weighted by molar-refractivity contribution is 5.69. The van der Waals surface area contributed by atoms with Gasteiger partial charge >= 0.3 is 5.97 Å². The highest BCUT2D eigenvalue weighted by Gasteiger charge is 2.21. The zero-order valence-electron chi connectivity index (χ0n) is 11.9. The van der Waals surface area contributed by atoms with E-state index in [0.29, 0.717) is 12.3 Å². The Hall–Kier alpha value is -1.35. The molecule has 3 nitrogen and oxygen atoms in total. The van der Waals surface area contributed by atoms with E-state index >= 15 is 0 Å². The predicted octanol–water partition coefficient (Wildman–Crippen LogP) is 3.41. The number of ether oxygens (including phenoxy) is 1. The van der Waals surface area contributed by atoms with Gasteiger partial charge < -0.3 is 4.74 Å². The van der Waals surface area contributed by atoms with Gasteiger partial charge in [0.05, 0.1) is 7.11 Å². The number of rotatable bonds is 4. The van der Waals surface area contributed by atoms with Gasteiger partial charge in [-0.1, -0.05) is 37.3 Å². The highest BCUT2D eigenvalue weighted by Crippen LogP contribution is 2.22. The molecule has 0 N–H and O–H groups in total.